The Morgan fingerprint density at radius 3 is 2.51 bits per heavy atom. The minimum atomic E-state index is -0.889. The molecule has 1 aliphatic carbocycles. The maximum Gasteiger partial charge on any atom is 0.244 e. The molecular weight excluding hydrogens is 496 g/mol. The van der Waals surface area contributed by atoms with Gasteiger partial charge in [0.1, 0.15) is 18.2 Å². The summed E-state index contributed by atoms with van der Waals surface area (Å²) in [6, 6.07) is 15.5. The van der Waals surface area contributed by atoms with E-state index < -0.39 is 29.8 Å². The predicted molar refractivity (Wildman–Crippen MR) is 145 cm³/mol. The lowest BCUT2D eigenvalue weighted by Crippen LogP contribution is -2.53. The third-order valence-electron chi connectivity index (χ3n) is 8.08. The van der Waals surface area contributed by atoms with Crippen molar-refractivity contribution in [2.24, 2.45) is 23.7 Å². The first-order chi connectivity index (χ1) is 19.0. The number of likely N-dealkylation sites (tertiary alicyclic amines) is 1. The van der Waals surface area contributed by atoms with E-state index in [9.17, 15) is 19.5 Å². The Balaban J connectivity index is 1.49. The highest BCUT2D eigenvalue weighted by atomic mass is 16.3. The highest BCUT2D eigenvalue weighted by Crippen LogP contribution is 2.45. The van der Waals surface area contributed by atoms with Gasteiger partial charge >= 0.3 is 0 Å². The molecule has 10 heteroatoms. The van der Waals surface area contributed by atoms with Gasteiger partial charge in [-0.2, -0.15) is 0 Å². The lowest BCUT2D eigenvalue weighted by Gasteiger charge is -2.34. The van der Waals surface area contributed by atoms with Crippen LogP contribution in [0.1, 0.15) is 18.9 Å². The van der Waals surface area contributed by atoms with E-state index in [-0.39, 0.29) is 36.9 Å². The summed E-state index contributed by atoms with van der Waals surface area (Å²) in [7, 11) is 1.57. The number of hydrogen-bond donors (Lipinski definition) is 3. The highest BCUT2D eigenvalue weighted by molar-refractivity contribution is 5.97. The Morgan fingerprint density at radius 1 is 1.05 bits per heavy atom. The number of aromatic nitrogens is 3. The molecule has 39 heavy (non-hydrogen) atoms. The molecule has 204 valence electrons. The van der Waals surface area contributed by atoms with Crippen molar-refractivity contribution in [3.63, 3.8) is 0 Å². The van der Waals surface area contributed by atoms with Crippen LogP contribution in [0.25, 0.3) is 11.0 Å². The van der Waals surface area contributed by atoms with Gasteiger partial charge in [-0.1, -0.05) is 66.8 Å². The van der Waals surface area contributed by atoms with Gasteiger partial charge in [0.2, 0.25) is 17.7 Å². The van der Waals surface area contributed by atoms with Crippen LogP contribution in [-0.4, -0.2) is 68.5 Å². The molecule has 0 bridgehead atoms. The Bertz CT molecular complexity index is 1370. The molecule has 1 saturated heterocycles. The molecule has 3 N–H and O–H groups in total. The molecule has 0 unspecified atom stereocenters. The van der Waals surface area contributed by atoms with Crippen molar-refractivity contribution in [3.8, 4) is 0 Å². The average molecular weight is 531 g/mol. The molecule has 3 aromatic rings. The minimum absolute atomic E-state index is 0.0674. The molecule has 2 heterocycles. The van der Waals surface area contributed by atoms with E-state index in [1.54, 1.807) is 11.7 Å². The summed E-state index contributed by atoms with van der Waals surface area (Å²) in [6.07, 6.45) is 4.96. The van der Waals surface area contributed by atoms with E-state index in [1.165, 1.54) is 4.90 Å². The summed E-state index contributed by atoms with van der Waals surface area (Å²) in [4.78, 5) is 42.6. The van der Waals surface area contributed by atoms with E-state index in [4.69, 9.17) is 0 Å². The maximum absolute atomic E-state index is 14.1. The number of carbonyl (C=O) groups excluding carboxylic acids is 3. The van der Waals surface area contributed by atoms with Crippen LogP contribution in [0.3, 0.4) is 0 Å². The summed E-state index contributed by atoms with van der Waals surface area (Å²) in [5, 5.41) is 24.4. The lowest BCUT2D eigenvalue weighted by atomic mass is 9.69. The topological polar surface area (TPSA) is 129 Å². The van der Waals surface area contributed by atoms with Crippen LogP contribution in [0.2, 0.25) is 0 Å². The zero-order valence-corrected chi connectivity index (χ0v) is 22.1. The van der Waals surface area contributed by atoms with E-state index in [0.717, 1.165) is 11.1 Å². The number of amides is 3. The fourth-order valence-electron chi connectivity index (χ4n) is 6.18. The summed E-state index contributed by atoms with van der Waals surface area (Å²) in [6.45, 7) is 1.74. The van der Waals surface area contributed by atoms with Gasteiger partial charge in [0, 0.05) is 13.0 Å². The monoisotopic (exact) mass is 530 g/mol. The number of nitrogens with one attached hydrogen (secondary N) is 2. The van der Waals surface area contributed by atoms with Crippen LogP contribution in [-0.2, 0) is 27.5 Å². The van der Waals surface area contributed by atoms with Gasteiger partial charge in [0.15, 0.2) is 0 Å². The van der Waals surface area contributed by atoms with Crippen molar-refractivity contribution >= 4 is 28.8 Å². The lowest BCUT2D eigenvalue weighted by molar-refractivity contribution is -0.143. The van der Waals surface area contributed by atoms with Gasteiger partial charge in [-0.15, -0.1) is 5.10 Å². The van der Waals surface area contributed by atoms with Crippen molar-refractivity contribution in [2.75, 3.05) is 13.7 Å². The zero-order chi connectivity index (χ0) is 27.5. The van der Waals surface area contributed by atoms with Crippen LogP contribution in [0.5, 0.6) is 0 Å². The van der Waals surface area contributed by atoms with Gasteiger partial charge in [0.25, 0.3) is 0 Å². The maximum atomic E-state index is 14.1. The first-order valence-corrected chi connectivity index (χ1v) is 13.4. The number of nitrogens with zero attached hydrogens (tertiary/aromatic N) is 4. The van der Waals surface area contributed by atoms with Crippen LogP contribution in [0.15, 0.2) is 66.7 Å². The Labute approximate surface area is 227 Å². The number of rotatable bonds is 9. The normalized spacial score (nSPS) is 24.9. The first kappa shape index (κ1) is 26.6. The van der Waals surface area contributed by atoms with Gasteiger partial charge in [-0.05, 0) is 36.5 Å². The number of benzene rings is 2. The molecule has 1 aliphatic heterocycles. The number of aliphatic hydroxyl groups excluding tert-OH is 1. The molecule has 1 aromatic heterocycles. The zero-order valence-electron chi connectivity index (χ0n) is 22.1. The smallest absolute Gasteiger partial charge is 0.244 e. The van der Waals surface area contributed by atoms with Gasteiger partial charge in [-0.3, -0.25) is 14.4 Å². The van der Waals surface area contributed by atoms with Crippen molar-refractivity contribution in [3.05, 3.63) is 72.3 Å². The average Bonchev–Trinajstić information content (AvgIpc) is 3.52. The number of para-hydroxylation sites is 1. The molecule has 0 spiro atoms. The van der Waals surface area contributed by atoms with Crippen molar-refractivity contribution in [1.82, 2.24) is 30.5 Å². The minimum Gasteiger partial charge on any atom is -0.394 e. The molecule has 1 fully saturated rings. The SMILES string of the molecule is CC[C@@H]1C=C[C@H]2[C@H](C(=O)N([C@@H](CO)Cc3ccccc3)[C@@H]2C(=O)NCn2nnc3ccccc32)[C@@H]1C(=O)NC. The van der Waals surface area contributed by atoms with Crippen molar-refractivity contribution < 1.29 is 19.5 Å². The summed E-state index contributed by atoms with van der Waals surface area (Å²) in [5.74, 6) is -2.80. The summed E-state index contributed by atoms with van der Waals surface area (Å²) >= 11 is 0. The second-order valence-corrected chi connectivity index (χ2v) is 10.2. The third-order valence-corrected chi connectivity index (χ3v) is 8.08. The molecule has 0 saturated carbocycles. The van der Waals surface area contributed by atoms with Crippen LogP contribution < -0.4 is 10.6 Å². The fourth-order valence-corrected chi connectivity index (χ4v) is 6.18. The van der Waals surface area contributed by atoms with Crippen LogP contribution >= 0.6 is 0 Å². The first-order valence-electron chi connectivity index (χ1n) is 13.4. The van der Waals surface area contributed by atoms with E-state index in [1.807, 2.05) is 73.7 Å². The Morgan fingerprint density at radius 2 is 1.79 bits per heavy atom. The molecule has 6 atom stereocenters. The second-order valence-electron chi connectivity index (χ2n) is 10.2. The second kappa shape index (κ2) is 11.4. The Hall–Kier alpha value is -4.05. The summed E-state index contributed by atoms with van der Waals surface area (Å²) < 4.78 is 1.59. The van der Waals surface area contributed by atoms with E-state index >= 15 is 0 Å². The van der Waals surface area contributed by atoms with Crippen LogP contribution in [0.4, 0.5) is 0 Å². The fraction of sp³-hybridized carbons (Fsp3) is 0.414. The highest BCUT2D eigenvalue weighted by Gasteiger charge is 2.58. The number of allylic oxidation sites excluding steroid dienone is 1. The molecule has 2 aromatic carbocycles. The molecule has 0 radical (unpaired) electrons. The number of aliphatic hydroxyl groups is 1. The van der Waals surface area contributed by atoms with Crippen molar-refractivity contribution in [2.45, 2.75) is 38.5 Å². The molecule has 2 aliphatic rings. The van der Waals surface area contributed by atoms with E-state index in [0.29, 0.717) is 18.4 Å². The molecular formula is C29H34N6O4. The number of carbonyl (C=O) groups is 3. The van der Waals surface area contributed by atoms with Gasteiger partial charge in [0.05, 0.1) is 30.0 Å². The molecule has 10 nitrogen and oxygen atoms in total. The quantitative estimate of drug-likeness (QED) is 0.360. The predicted octanol–water partition coefficient (Wildman–Crippen LogP) is 1.51. The summed E-state index contributed by atoms with van der Waals surface area (Å²) in [5.41, 5.74) is 2.43. The van der Waals surface area contributed by atoms with Crippen LogP contribution in [0, 0.1) is 23.7 Å². The molecule has 5 rings (SSSR count). The van der Waals surface area contributed by atoms with E-state index in [2.05, 4.69) is 20.9 Å². The number of hydrogen-bond acceptors (Lipinski definition) is 6. The number of fused-ring (bicyclic) bond motifs is 2. The largest absolute Gasteiger partial charge is 0.394 e. The molecule has 3 amide bonds. The van der Waals surface area contributed by atoms with Crippen molar-refractivity contribution in [1.29, 1.82) is 0 Å². The third kappa shape index (κ3) is 4.92. The Kier molecular flexibility index (Phi) is 7.74. The van der Waals surface area contributed by atoms with Gasteiger partial charge in [-0.25, -0.2) is 4.68 Å². The van der Waals surface area contributed by atoms with Gasteiger partial charge < -0.3 is 20.6 Å². The standard InChI is InChI=1S/C29H34N6O4/c1-3-19-13-14-21-25(24(19)27(37)30-2)29(39)35(20(16-36)15-18-9-5-4-6-10-18)26(21)28(38)31-17-34-23-12-8-7-11-22(23)32-33-34/h4-14,19-21,24-26,36H,3,15-17H2,1-2H3,(H,30,37)(H,31,38)/t19-,20-,21+,24-,25+,26+/m1/s1.